The van der Waals surface area contributed by atoms with Crippen molar-refractivity contribution in [2.75, 3.05) is 31.4 Å². The van der Waals surface area contributed by atoms with E-state index in [4.69, 9.17) is 32.7 Å². The van der Waals surface area contributed by atoms with Gasteiger partial charge in [-0.1, -0.05) is 29.3 Å². The maximum Gasteiger partial charge on any atom is 0.226 e. The molecule has 0 bridgehead atoms. The van der Waals surface area contributed by atoms with Crippen molar-refractivity contribution in [3.63, 3.8) is 0 Å². The standard InChI is InChI=1S/C17H18Cl2N2O3/c1-23-11-6-7-14(15(10-11)24-2)21-16(22)8-9-20-17-12(18)4-3-5-13(17)19/h3-7,10,20H,8-9H2,1-2H3,(H,21,22). The molecule has 2 aromatic rings. The van der Waals surface area contributed by atoms with Crippen LogP contribution in [0.5, 0.6) is 11.5 Å². The largest absolute Gasteiger partial charge is 0.497 e. The number of carbonyl (C=O) groups is 1. The van der Waals surface area contributed by atoms with Crippen LogP contribution in [-0.2, 0) is 4.79 Å². The number of ether oxygens (including phenoxy) is 2. The summed E-state index contributed by atoms with van der Waals surface area (Å²) in [5.41, 5.74) is 1.20. The lowest BCUT2D eigenvalue weighted by Gasteiger charge is -2.13. The minimum atomic E-state index is -0.158. The Morgan fingerprint density at radius 2 is 1.79 bits per heavy atom. The molecule has 0 unspecified atom stereocenters. The molecule has 2 aromatic carbocycles. The molecule has 0 radical (unpaired) electrons. The van der Waals surface area contributed by atoms with Gasteiger partial charge >= 0.3 is 0 Å². The van der Waals surface area contributed by atoms with Crippen molar-refractivity contribution < 1.29 is 14.3 Å². The zero-order valence-electron chi connectivity index (χ0n) is 13.4. The number of hydrogen-bond donors (Lipinski definition) is 2. The van der Waals surface area contributed by atoms with Crippen LogP contribution >= 0.6 is 23.2 Å². The fraction of sp³-hybridized carbons (Fsp3) is 0.235. The van der Waals surface area contributed by atoms with Gasteiger partial charge < -0.3 is 20.1 Å². The highest BCUT2D eigenvalue weighted by Crippen LogP contribution is 2.30. The molecule has 5 nitrogen and oxygen atoms in total. The van der Waals surface area contributed by atoms with Gasteiger partial charge in [0.25, 0.3) is 0 Å². The number of benzene rings is 2. The van der Waals surface area contributed by atoms with E-state index in [0.29, 0.717) is 39.5 Å². The van der Waals surface area contributed by atoms with Crippen molar-refractivity contribution >= 4 is 40.5 Å². The molecule has 0 atom stereocenters. The molecular weight excluding hydrogens is 351 g/mol. The Morgan fingerprint density at radius 1 is 1.08 bits per heavy atom. The maximum atomic E-state index is 12.1. The van der Waals surface area contributed by atoms with Gasteiger partial charge in [0.15, 0.2) is 0 Å². The van der Waals surface area contributed by atoms with Crippen LogP contribution in [0, 0.1) is 0 Å². The van der Waals surface area contributed by atoms with Gasteiger partial charge in [0.05, 0.1) is 35.6 Å². The molecule has 1 amide bonds. The van der Waals surface area contributed by atoms with Crippen molar-refractivity contribution in [1.29, 1.82) is 0 Å². The van der Waals surface area contributed by atoms with Gasteiger partial charge in [0.1, 0.15) is 11.5 Å². The zero-order valence-corrected chi connectivity index (χ0v) is 14.9. The van der Waals surface area contributed by atoms with Gasteiger partial charge in [-0.25, -0.2) is 0 Å². The summed E-state index contributed by atoms with van der Waals surface area (Å²) in [6, 6.07) is 10.4. The Morgan fingerprint density at radius 3 is 2.42 bits per heavy atom. The Hall–Kier alpha value is -2.11. The number of para-hydroxylation sites is 1. The average Bonchev–Trinajstić information content (AvgIpc) is 2.58. The highest BCUT2D eigenvalue weighted by atomic mass is 35.5. The lowest BCUT2D eigenvalue weighted by Crippen LogP contribution is -2.17. The van der Waals surface area contributed by atoms with E-state index in [1.807, 2.05) is 0 Å². The molecule has 0 aromatic heterocycles. The Kier molecular flexibility index (Phi) is 6.58. The summed E-state index contributed by atoms with van der Waals surface area (Å²) in [5.74, 6) is 1.03. The number of nitrogens with one attached hydrogen (secondary N) is 2. The quantitative estimate of drug-likeness (QED) is 0.757. The Bertz CT molecular complexity index is 703. The van der Waals surface area contributed by atoms with Crippen molar-refractivity contribution in [2.45, 2.75) is 6.42 Å². The predicted molar refractivity (Wildman–Crippen MR) is 97.7 cm³/mol. The van der Waals surface area contributed by atoms with E-state index in [1.54, 1.807) is 43.5 Å². The first-order chi connectivity index (χ1) is 11.5. The number of halogens is 2. The molecule has 0 saturated carbocycles. The first-order valence-corrected chi connectivity index (χ1v) is 8.00. The summed E-state index contributed by atoms with van der Waals surface area (Å²) < 4.78 is 10.4. The van der Waals surface area contributed by atoms with Crippen LogP contribution in [0.15, 0.2) is 36.4 Å². The molecule has 0 aliphatic carbocycles. The van der Waals surface area contributed by atoms with Crippen molar-refractivity contribution in [1.82, 2.24) is 0 Å². The molecule has 0 saturated heterocycles. The van der Waals surface area contributed by atoms with Gasteiger partial charge in [-0.15, -0.1) is 0 Å². The van der Waals surface area contributed by atoms with E-state index >= 15 is 0 Å². The molecule has 0 fully saturated rings. The molecule has 24 heavy (non-hydrogen) atoms. The third-order valence-corrected chi connectivity index (χ3v) is 3.93. The third-order valence-electron chi connectivity index (χ3n) is 3.30. The van der Waals surface area contributed by atoms with Crippen molar-refractivity contribution in [2.24, 2.45) is 0 Å². The number of amides is 1. The molecule has 128 valence electrons. The molecule has 2 N–H and O–H groups in total. The monoisotopic (exact) mass is 368 g/mol. The van der Waals surface area contributed by atoms with Gasteiger partial charge in [-0.2, -0.15) is 0 Å². The summed E-state index contributed by atoms with van der Waals surface area (Å²) in [6.45, 7) is 0.397. The van der Waals surface area contributed by atoms with Crippen molar-refractivity contribution in [3.05, 3.63) is 46.4 Å². The van der Waals surface area contributed by atoms with Crippen LogP contribution in [0.3, 0.4) is 0 Å². The van der Waals surface area contributed by atoms with Crippen LogP contribution < -0.4 is 20.1 Å². The lowest BCUT2D eigenvalue weighted by molar-refractivity contribution is -0.116. The number of methoxy groups -OCH3 is 2. The van der Waals surface area contributed by atoms with Crippen molar-refractivity contribution in [3.8, 4) is 11.5 Å². The number of hydrogen-bond acceptors (Lipinski definition) is 4. The van der Waals surface area contributed by atoms with Gasteiger partial charge in [0, 0.05) is 19.0 Å². The summed E-state index contributed by atoms with van der Waals surface area (Å²) in [7, 11) is 3.10. The number of carbonyl (C=O) groups excluding carboxylic acids is 1. The zero-order chi connectivity index (χ0) is 17.5. The molecule has 7 heteroatoms. The Labute approximate surface area is 150 Å². The summed E-state index contributed by atoms with van der Waals surface area (Å²) in [4.78, 5) is 12.1. The highest BCUT2D eigenvalue weighted by Gasteiger charge is 2.10. The second kappa shape index (κ2) is 8.66. The first-order valence-electron chi connectivity index (χ1n) is 7.25. The molecule has 0 heterocycles. The predicted octanol–water partition coefficient (Wildman–Crippen LogP) is 4.45. The molecular formula is C17H18Cl2N2O3. The lowest BCUT2D eigenvalue weighted by atomic mass is 10.2. The SMILES string of the molecule is COc1ccc(NC(=O)CCNc2c(Cl)cccc2Cl)c(OC)c1. The fourth-order valence-electron chi connectivity index (χ4n) is 2.08. The maximum absolute atomic E-state index is 12.1. The van der Waals surface area contributed by atoms with Crippen LogP contribution in [-0.4, -0.2) is 26.7 Å². The average molecular weight is 369 g/mol. The van der Waals surface area contributed by atoms with Crippen LogP contribution in [0.1, 0.15) is 6.42 Å². The first kappa shape index (κ1) is 18.2. The highest BCUT2D eigenvalue weighted by molar-refractivity contribution is 6.39. The van der Waals surface area contributed by atoms with E-state index in [-0.39, 0.29) is 12.3 Å². The second-order valence-electron chi connectivity index (χ2n) is 4.89. The molecule has 2 rings (SSSR count). The van der Waals surface area contributed by atoms with Gasteiger partial charge in [0.2, 0.25) is 5.91 Å². The summed E-state index contributed by atoms with van der Waals surface area (Å²) in [6.07, 6.45) is 0.247. The van der Waals surface area contributed by atoms with E-state index in [1.165, 1.54) is 7.11 Å². The van der Waals surface area contributed by atoms with Crippen LogP contribution in [0.25, 0.3) is 0 Å². The fourth-order valence-corrected chi connectivity index (χ4v) is 2.61. The van der Waals surface area contributed by atoms with E-state index in [0.717, 1.165) is 0 Å². The molecule has 0 aliphatic rings. The number of anilines is 2. The van der Waals surface area contributed by atoms with E-state index < -0.39 is 0 Å². The van der Waals surface area contributed by atoms with E-state index in [2.05, 4.69) is 10.6 Å². The Balaban J connectivity index is 1.92. The van der Waals surface area contributed by atoms with Gasteiger partial charge in [-0.05, 0) is 24.3 Å². The van der Waals surface area contributed by atoms with Crippen LogP contribution in [0.2, 0.25) is 10.0 Å². The second-order valence-corrected chi connectivity index (χ2v) is 5.70. The topological polar surface area (TPSA) is 59.6 Å². The minimum Gasteiger partial charge on any atom is -0.497 e. The summed E-state index contributed by atoms with van der Waals surface area (Å²) in [5, 5.41) is 6.90. The van der Waals surface area contributed by atoms with Gasteiger partial charge in [-0.3, -0.25) is 4.79 Å². The van der Waals surface area contributed by atoms with Crippen LogP contribution in [0.4, 0.5) is 11.4 Å². The third kappa shape index (κ3) is 4.69. The molecule has 0 aliphatic heterocycles. The van der Waals surface area contributed by atoms with E-state index in [9.17, 15) is 4.79 Å². The number of rotatable bonds is 7. The minimum absolute atomic E-state index is 0.158. The summed E-state index contributed by atoms with van der Waals surface area (Å²) >= 11 is 12.1. The normalized spacial score (nSPS) is 10.2. The molecule has 0 spiro atoms. The smallest absolute Gasteiger partial charge is 0.226 e.